The minimum Gasteiger partial charge on any atom is -0.382 e. The Morgan fingerprint density at radius 2 is 2.15 bits per heavy atom. The fraction of sp³-hybridized carbons (Fsp3) is 0.105. The molecule has 1 aromatic carbocycles. The smallest absolute Gasteiger partial charge is 0.153 e. The molecule has 0 saturated carbocycles. The normalized spacial score (nSPS) is 10.9. The van der Waals surface area contributed by atoms with Crippen LogP contribution in [0, 0.1) is 18.3 Å². The Morgan fingerprint density at radius 3 is 2.85 bits per heavy atom. The molecule has 0 aliphatic heterocycles. The molecule has 0 bridgehead atoms. The van der Waals surface area contributed by atoms with Gasteiger partial charge in [0.25, 0.3) is 0 Å². The number of hydrogen-bond acceptors (Lipinski definition) is 6. The first kappa shape index (κ1) is 17.7. The lowest BCUT2D eigenvalue weighted by atomic mass is 10.0. The molecule has 3 heterocycles. The molecule has 0 radical (unpaired) electrons. The Labute approximate surface area is 169 Å². The van der Waals surface area contributed by atoms with Gasteiger partial charge in [-0.3, -0.25) is 4.68 Å². The summed E-state index contributed by atoms with van der Waals surface area (Å²) in [6, 6.07) is 11.4. The molecule has 27 heavy (non-hydrogen) atoms. The molecule has 0 spiro atoms. The Hall–Kier alpha value is -2.66. The molecule has 8 heteroatoms. The number of anilines is 1. The molecule has 0 unspecified atom stereocenters. The van der Waals surface area contributed by atoms with Gasteiger partial charge >= 0.3 is 0 Å². The average molecular weight is 412 g/mol. The van der Waals surface area contributed by atoms with Crippen LogP contribution in [-0.2, 0) is 6.54 Å². The van der Waals surface area contributed by atoms with Crippen molar-refractivity contribution in [2.24, 2.45) is 0 Å². The fourth-order valence-electron chi connectivity index (χ4n) is 2.89. The minimum absolute atomic E-state index is 0.404. The van der Waals surface area contributed by atoms with E-state index in [2.05, 4.69) is 17.2 Å². The molecule has 4 rings (SSSR count). The molecule has 0 atom stereocenters. The molecule has 0 fully saturated rings. The van der Waals surface area contributed by atoms with Crippen LogP contribution in [0.4, 0.5) is 5.82 Å². The first-order valence-electron chi connectivity index (χ1n) is 8.08. The fourth-order valence-corrected chi connectivity index (χ4v) is 4.74. The van der Waals surface area contributed by atoms with E-state index >= 15 is 0 Å². The van der Waals surface area contributed by atoms with Gasteiger partial charge in [-0.05, 0) is 36.1 Å². The third-order valence-electron chi connectivity index (χ3n) is 4.21. The highest BCUT2D eigenvalue weighted by Gasteiger charge is 2.17. The van der Waals surface area contributed by atoms with E-state index in [4.69, 9.17) is 27.6 Å². The topological polar surface area (TPSA) is 80.5 Å². The lowest BCUT2D eigenvalue weighted by Crippen LogP contribution is -2.04. The number of aromatic nitrogens is 3. The number of nitrogens with zero attached hydrogens (tertiary/aromatic N) is 4. The maximum atomic E-state index is 9.05. The second-order valence-corrected chi connectivity index (χ2v) is 8.14. The summed E-state index contributed by atoms with van der Waals surface area (Å²) >= 11 is 9.48. The third kappa shape index (κ3) is 3.35. The molecule has 0 aliphatic carbocycles. The zero-order chi connectivity index (χ0) is 19.0. The molecule has 4 aromatic rings. The van der Waals surface area contributed by atoms with Gasteiger partial charge in [0, 0.05) is 16.6 Å². The van der Waals surface area contributed by atoms with Crippen LogP contribution < -0.4 is 5.73 Å². The van der Waals surface area contributed by atoms with E-state index in [9.17, 15) is 0 Å². The highest BCUT2D eigenvalue weighted by molar-refractivity contribution is 7.20. The van der Waals surface area contributed by atoms with E-state index in [1.165, 1.54) is 0 Å². The SMILES string of the molecule is Cc1c(-c2ccc(C#N)c(Cl)c2)c(N)nn1Cc1csc(-c2cccs2)n1. The van der Waals surface area contributed by atoms with Crippen LogP contribution in [0.25, 0.3) is 21.0 Å². The van der Waals surface area contributed by atoms with Crippen LogP contribution in [0.3, 0.4) is 0 Å². The van der Waals surface area contributed by atoms with Gasteiger partial charge in [0.05, 0.1) is 27.7 Å². The monoisotopic (exact) mass is 411 g/mol. The maximum absolute atomic E-state index is 9.05. The van der Waals surface area contributed by atoms with Crippen molar-refractivity contribution in [1.82, 2.24) is 14.8 Å². The molecule has 0 aliphatic rings. The van der Waals surface area contributed by atoms with Gasteiger partial charge in [-0.2, -0.15) is 10.4 Å². The second-order valence-electron chi connectivity index (χ2n) is 5.93. The van der Waals surface area contributed by atoms with Crippen molar-refractivity contribution >= 4 is 40.1 Å². The zero-order valence-corrected chi connectivity index (χ0v) is 16.7. The van der Waals surface area contributed by atoms with Crippen molar-refractivity contribution in [3.63, 3.8) is 0 Å². The van der Waals surface area contributed by atoms with Gasteiger partial charge in [-0.15, -0.1) is 22.7 Å². The Kier molecular flexibility index (Phi) is 4.70. The number of thiophene rings is 1. The Morgan fingerprint density at radius 1 is 1.30 bits per heavy atom. The number of benzene rings is 1. The van der Waals surface area contributed by atoms with Crippen LogP contribution in [0.1, 0.15) is 17.0 Å². The molecular weight excluding hydrogens is 398 g/mol. The van der Waals surface area contributed by atoms with E-state index in [1.807, 2.05) is 34.5 Å². The molecule has 134 valence electrons. The number of halogens is 1. The van der Waals surface area contributed by atoms with Crippen LogP contribution in [0.2, 0.25) is 5.02 Å². The van der Waals surface area contributed by atoms with Crippen LogP contribution in [0.15, 0.2) is 41.1 Å². The van der Waals surface area contributed by atoms with E-state index in [0.717, 1.165) is 32.4 Å². The largest absolute Gasteiger partial charge is 0.382 e. The minimum atomic E-state index is 0.404. The summed E-state index contributed by atoms with van der Waals surface area (Å²) in [5, 5.41) is 19.0. The molecule has 3 aromatic heterocycles. The van der Waals surface area contributed by atoms with Gasteiger partial charge in [0.2, 0.25) is 0 Å². The zero-order valence-electron chi connectivity index (χ0n) is 14.3. The summed E-state index contributed by atoms with van der Waals surface area (Å²) in [6.45, 7) is 2.51. The molecule has 5 nitrogen and oxygen atoms in total. The van der Waals surface area contributed by atoms with Crippen molar-refractivity contribution in [3.05, 3.63) is 63.1 Å². The molecular formula is C19H14ClN5S2. The summed E-state index contributed by atoms with van der Waals surface area (Å²) in [4.78, 5) is 5.87. The standard InChI is InChI=1S/C19H14ClN5S2/c1-11-17(12-4-5-13(8-21)15(20)7-12)18(22)24-25(11)9-14-10-27-19(23-14)16-3-2-6-26-16/h2-7,10H,9H2,1H3,(H2,22,24). The van der Waals surface area contributed by atoms with E-state index in [1.54, 1.807) is 34.8 Å². The summed E-state index contributed by atoms with van der Waals surface area (Å²) in [5.74, 6) is 0.432. The van der Waals surface area contributed by atoms with E-state index < -0.39 is 0 Å². The number of nitrogens with two attached hydrogens (primary N) is 1. The van der Waals surface area contributed by atoms with Gasteiger partial charge in [0.15, 0.2) is 5.82 Å². The first-order valence-corrected chi connectivity index (χ1v) is 10.2. The van der Waals surface area contributed by atoms with Crippen LogP contribution in [0.5, 0.6) is 0 Å². The molecule has 0 saturated heterocycles. The van der Waals surface area contributed by atoms with E-state index in [-0.39, 0.29) is 0 Å². The lowest BCUT2D eigenvalue weighted by Gasteiger charge is -2.05. The summed E-state index contributed by atoms with van der Waals surface area (Å²) < 4.78 is 1.85. The van der Waals surface area contributed by atoms with Gasteiger partial charge in [0.1, 0.15) is 11.1 Å². The first-order chi connectivity index (χ1) is 13.1. The quantitative estimate of drug-likeness (QED) is 0.500. The predicted molar refractivity (Wildman–Crippen MR) is 111 cm³/mol. The summed E-state index contributed by atoms with van der Waals surface area (Å²) in [6.07, 6.45) is 0. The number of hydrogen-bond donors (Lipinski definition) is 1. The Bertz CT molecular complexity index is 1150. The average Bonchev–Trinajstić information content (AvgIpc) is 3.37. The number of nitrogen functional groups attached to an aromatic ring is 1. The van der Waals surface area contributed by atoms with Crippen molar-refractivity contribution in [2.45, 2.75) is 13.5 Å². The second kappa shape index (κ2) is 7.16. The molecule has 0 amide bonds. The lowest BCUT2D eigenvalue weighted by molar-refractivity contribution is 0.659. The van der Waals surface area contributed by atoms with Crippen molar-refractivity contribution < 1.29 is 0 Å². The van der Waals surface area contributed by atoms with Crippen LogP contribution in [-0.4, -0.2) is 14.8 Å². The predicted octanol–water partition coefficient (Wildman–Crippen LogP) is 5.20. The number of rotatable bonds is 4. The van der Waals surface area contributed by atoms with Gasteiger partial charge < -0.3 is 5.73 Å². The molecule has 2 N–H and O–H groups in total. The van der Waals surface area contributed by atoms with Gasteiger partial charge in [-0.25, -0.2) is 4.98 Å². The van der Waals surface area contributed by atoms with Crippen LogP contribution >= 0.6 is 34.3 Å². The highest BCUT2D eigenvalue weighted by atomic mass is 35.5. The highest BCUT2D eigenvalue weighted by Crippen LogP contribution is 2.33. The summed E-state index contributed by atoms with van der Waals surface area (Å²) in [5.41, 5.74) is 10.2. The number of thiazole rings is 1. The third-order valence-corrected chi connectivity index (χ3v) is 6.45. The Balaban J connectivity index is 1.65. The van der Waals surface area contributed by atoms with Crippen molar-refractivity contribution in [2.75, 3.05) is 5.73 Å². The van der Waals surface area contributed by atoms with Crippen molar-refractivity contribution in [3.8, 4) is 27.1 Å². The summed E-state index contributed by atoms with van der Waals surface area (Å²) in [7, 11) is 0. The van der Waals surface area contributed by atoms with Gasteiger partial charge in [-0.1, -0.05) is 23.7 Å². The maximum Gasteiger partial charge on any atom is 0.153 e. The number of nitriles is 1. The van der Waals surface area contributed by atoms with E-state index in [0.29, 0.717) is 22.9 Å². The van der Waals surface area contributed by atoms with Crippen molar-refractivity contribution in [1.29, 1.82) is 5.26 Å².